The maximum Gasteiger partial charge on any atom is 0.123 e. The third-order valence-corrected chi connectivity index (χ3v) is 3.28. The van der Waals surface area contributed by atoms with Gasteiger partial charge in [0.25, 0.3) is 0 Å². The first-order valence-corrected chi connectivity index (χ1v) is 7.20. The van der Waals surface area contributed by atoms with E-state index in [4.69, 9.17) is 4.74 Å². The Morgan fingerprint density at radius 3 is 2.86 bits per heavy atom. The van der Waals surface area contributed by atoms with Crippen molar-refractivity contribution < 1.29 is 4.74 Å². The van der Waals surface area contributed by atoms with Crippen LogP contribution in [0, 0.1) is 0 Å². The van der Waals surface area contributed by atoms with Gasteiger partial charge in [-0.1, -0.05) is 18.2 Å². The zero-order chi connectivity index (χ0) is 15.1. The summed E-state index contributed by atoms with van der Waals surface area (Å²) in [6, 6.07) is 8.15. The molecule has 0 aliphatic rings. The first kappa shape index (κ1) is 15.5. The number of aryl methyl sites for hydroxylation is 1. The van der Waals surface area contributed by atoms with Gasteiger partial charge in [-0.2, -0.15) is 5.10 Å². The largest absolute Gasteiger partial charge is 0.492 e. The predicted molar refractivity (Wildman–Crippen MR) is 84.2 cm³/mol. The van der Waals surface area contributed by atoms with Gasteiger partial charge in [-0.05, 0) is 20.2 Å². The molecule has 114 valence electrons. The highest BCUT2D eigenvalue weighted by molar-refractivity contribution is 5.33. The summed E-state index contributed by atoms with van der Waals surface area (Å²) in [7, 11) is 5.97. The molecule has 0 saturated heterocycles. The fourth-order valence-electron chi connectivity index (χ4n) is 2.24. The van der Waals surface area contributed by atoms with E-state index in [1.54, 1.807) is 0 Å². The maximum absolute atomic E-state index is 5.90. The predicted octanol–water partition coefficient (Wildman–Crippen LogP) is 1.65. The van der Waals surface area contributed by atoms with Crippen LogP contribution in [-0.4, -0.2) is 41.9 Å². The molecule has 0 aliphatic heterocycles. The first-order valence-electron chi connectivity index (χ1n) is 7.20. The van der Waals surface area contributed by atoms with E-state index in [1.807, 2.05) is 49.4 Å². The molecule has 21 heavy (non-hydrogen) atoms. The van der Waals surface area contributed by atoms with Gasteiger partial charge in [0.2, 0.25) is 0 Å². The summed E-state index contributed by atoms with van der Waals surface area (Å²) in [5.41, 5.74) is 2.41. The van der Waals surface area contributed by atoms with Crippen molar-refractivity contribution in [3.63, 3.8) is 0 Å². The highest BCUT2D eigenvalue weighted by Crippen LogP contribution is 2.17. The standard InChI is InChI=1S/C16H24N4O/c1-17-11-15-6-4-5-7-16(15)21-9-8-19(2)12-14-10-18-20(3)13-14/h4-7,10,13,17H,8-9,11-12H2,1-3H3. The second-order valence-corrected chi connectivity index (χ2v) is 5.25. The van der Waals surface area contributed by atoms with Crippen molar-refractivity contribution in [3.05, 3.63) is 47.8 Å². The summed E-state index contributed by atoms with van der Waals surface area (Å²) in [5, 5.41) is 7.34. The first-order chi connectivity index (χ1) is 10.2. The van der Waals surface area contributed by atoms with Crippen molar-refractivity contribution >= 4 is 0 Å². The highest BCUT2D eigenvalue weighted by Gasteiger charge is 2.05. The third kappa shape index (κ3) is 4.88. The summed E-state index contributed by atoms with van der Waals surface area (Å²) in [6.45, 7) is 3.26. The Hall–Kier alpha value is -1.85. The molecule has 5 heteroatoms. The van der Waals surface area contributed by atoms with Crippen molar-refractivity contribution in [2.45, 2.75) is 13.1 Å². The SMILES string of the molecule is CNCc1ccccc1OCCN(C)Cc1cnn(C)c1. The number of ether oxygens (including phenoxy) is 1. The van der Waals surface area contributed by atoms with Gasteiger partial charge in [-0.15, -0.1) is 0 Å². The minimum absolute atomic E-state index is 0.678. The lowest BCUT2D eigenvalue weighted by Gasteiger charge is -2.17. The second kappa shape index (κ2) is 7.81. The van der Waals surface area contributed by atoms with Gasteiger partial charge in [-0.3, -0.25) is 9.58 Å². The molecule has 0 bridgehead atoms. The lowest BCUT2D eigenvalue weighted by atomic mass is 10.2. The molecule has 1 N–H and O–H groups in total. The Bertz CT molecular complexity index is 553. The number of nitrogens with one attached hydrogen (secondary N) is 1. The number of aromatic nitrogens is 2. The van der Waals surface area contributed by atoms with Crippen molar-refractivity contribution in [2.24, 2.45) is 7.05 Å². The highest BCUT2D eigenvalue weighted by atomic mass is 16.5. The Morgan fingerprint density at radius 1 is 1.33 bits per heavy atom. The van der Waals surface area contributed by atoms with Crippen LogP contribution in [0.2, 0.25) is 0 Å². The Kier molecular flexibility index (Phi) is 5.78. The Balaban J connectivity index is 1.78. The molecule has 0 fully saturated rings. The minimum Gasteiger partial charge on any atom is -0.492 e. The zero-order valence-corrected chi connectivity index (χ0v) is 13.0. The lowest BCUT2D eigenvalue weighted by molar-refractivity contribution is 0.231. The molecule has 0 atom stereocenters. The van der Waals surface area contributed by atoms with E-state index in [1.165, 1.54) is 11.1 Å². The second-order valence-electron chi connectivity index (χ2n) is 5.25. The monoisotopic (exact) mass is 288 g/mol. The van der Waals surface area contributed by atoms with Gasteiger partial charge in [0.1, 0.15) is 12.4 Å². The van der Waals surface area contributed by atoms with Gasteiger partial charge in [0.15, 0.2) is 0 Å². The quantitative estimate of drug-likeness (QED) is 0.802. The topological polar surface area (TPSA) is 42.3 Å². The molecular formula is C16H24N4O. The number of para-hydroxylation sites is 1. The van der Waals surface area contributed by atoms with Gasteiger partial charge in [0.05, 0.1) is 6.20 Å². The molecule has 5 nitrogen and oxygen atoms in total. The Morgan fingerprint density at radius 2 is 2.14 bits per heavy atom. The normalized spacial score (nSPS) is 11.0. The fraction of sp³-hybridized carbons (Fsp3) is 0.438. The van der Waals surface area contributed by atoms with Gasteiger partial charge >= 0.3 is 0 Å². The Labute approximate surface area is 126 Å². The molecule has 0 amide bonds. The van der Waals surface area contributed by atoms with Crippen molar-refractivity contribution in [2.75, 3.05) is 27.2 Å². The van der Waals surface area contributed by atoms with Gasteiger partial charge in [0, 0.05) is 44.0 Å². The van der Waals surface area contributed by atoms with Gasteiger partial charge in [-0.25, -0.2) is 0 Å². The van der Waals surface area contributed by atoms with E-state index in [9.17, 15) is 0 Å². The van der Waals surface area contributed by atoms with Crippen LogP contribution in [0.4, 0.5) is 0 Å². The van der Waals surface area contributed by atoms with Crippen LogP contribution >= 0.6 is 0 Å². The average molecular weight is 288 g/mol. The molecular weight excluding hydrogens is 264 g/mol. The van der Waals surface area contributed by atoms with Crippen LogP contribution in [0.15, 0.2) is 36.7 Å². The maximum atomic E-state index is 5.90. The van der Waals surface area contributed by atoms with E-state index < -0.39 is 0 Å². The summed E-state index contributed by atoms with van der Waals surface area (Å²) in [5.74, 6) is 0.960. The zero-order valence-electron chi connectivity index (χ0n) is 13.0. The summed E-state index contributed by atoms with van der Waals surface area (Å²) in [4.78, 5) is 2.23. The van der Waals surface area contributed by atoms with Crippen molar-refractivity contribution in [1.29, 1.82) is 0 Å². The van der Waals surface area contributed by atoms with E-state index in [0.29, 0.717) is 6.61 Å². The summed E-state index contributed by atoms with van der Waals surface area (Å²) in [6.07, 6.45) is 3.94. The van der Waals surface area contributed by atoms with Crippen LogP contribution in [-0.2, 0) is 20.1 Å². The third-order valence-electron chi connectivity index (χ3n) is 3.28. The van der Waals surface area contributed by atoms with E-state index in [0.717, 1.165) is 25.4 Å². The van der Waals surface area contributed by atoms with E-state index >= 15 is 0 Å². The molecule has 2 rings (SSSR count). The number of nitrogens with zero attached hydrogens (tertiary/aromatic N) is 3. The summed E-state index contributed by atoms with van der Waals surface area (Å²) >= 11 is 0. The molecule has 1 aromatic heterocycles. The molecule has 1 heterocycles. The number of benzene rings is 1. The van der Waals surface area contributed by atoms with Crippen LogP contribution in [0.1, 0.15) is 11.1 Å². The molecule has 0 saturated carbocycles. The lowest BCUT2D eigenvalue weighted by Crippen LogP contribution is -2.24. The molecule has 2 aromatic rings. The smallest absolute Gasteiger partial charge is 0.123 e. The number of hydrogen-bond donors (Lipinski definition) is 1. The number of rotatable bonds is 8. The van der Waals surface area contributed by atoms with Crippen LogP contribution < -0.4 is 10.1 Å². The van der Waals surface area contributed by atoms with Crippen LogP contribution in [0.3, 0.4) is 0 Å². The van der Waals surface area contributed by atoms with Crippen LogP contribution in [0.25, 0.3) is 0 Å². The fourth-order valence-corrected chi connectivity index (χ4v) is 2.24. The van der Waals surface area contributed by atoms with Crippen molar-refractivity contribution in [3.8, 4) is 5.75 Å². The average Bonchev–Trinajstić information content (AvgIpc) is 2.86. The molecule has 1 aromatic carbocycles. The van der Waals surface area contributed by atoms with Crippen LogP contribution in [0.5, 0.6) is 5.75 Å². The van der Waals surface area contributed by atoms with E-state index in [-0.39, 0.29) is 0 Å². The number of hydrogen-bond acceptors (Lipinski definition) is 4. The molecule has 0 spiro atoms. The van der Waals surface area contributed by atoms with Crippen molar-refractivity contribution in [1.82, 2.24) is 20.0 Å². The molecule has 0 unspecified atom stereocenters. The molecule has 0 aliphatic carbocycles. The van der Waals surface area contributed by atoms with Gasteiger partial charge < -0.3 is 10.1 Å². The minimum atomic E-state index is 0.678. The van der Waals surface area contributed by atoms with E-state index in [2.05, 4.69) is 28.4 Å². The molecule has 0 radical (unpaired) electrons. The number of likely N-dealkylation sites (N-methyl/N-ethyl adjacent to an activating group) is 1. The summed E-state index contributed by atoms with van der Waals surface area (Å²) < 4.78 is 7.73.